The number of carbonyl (C=O) groups excluding carboxylic acids is 2. The first-order valence-electron chi connectivity index (χ1n) is 11.8. The van der Waals surface area contributed by atoms with Crippen LogP contribution in [0.1, 0.15) is 53.4 Å². The van der Waals surface area contributed by atoms with Gasteiger partial charge in [-0.1, -0.05) is 25.0 Å². The maximum Gasteiger partial charge on any atom is 0.342 e. The molecule has 8 nitrogen and oxygen atoms in total. The van der Waals surface area contributed by atoms with Crippen LogP contribution in [0.5, 0.6) is 5.75 Å². The molecule has 5 rings (SSSR count). The van der Waals surface area contributed by atoms with Gasteiger partial charge in [-0.2, -0.15) is 9.78 Å². The van der Waals surface area contributed by atoms with E-state index in [0.717, 1.165) is 31.4 Å². The standard InChI is InChI=1S/C27H25FN4O4/c28-19-8-3-5-17(13-19)16-29-27(35)32-23(18-6-1-2-7-18)15-22(31-32)21-11-10-20(14-24(21)33)30-26(34)25-9-4-12-36-25/h3-5,8-15,18,33H,1-2,6-7,16H2,(H,29,35)(H,30,34). The number of nitrogens with zero attached hydrogens (tertiary/aromatic N) is 2. The van der Waals surface area contributed by atoms with Crippen LogP contribution in [0, 0.1) is 5.82 Å². The van der Waals surface area contributed by atoms with Gasteiger partial charge in [0.2, 0.25) is 0 Å². The molecule has 1 fully saturated rings. The van der Waals surface area contributed by atoms with Gasteiger partial charge in [0.25, 0.3) is 5.91 Å². The molecule has 0 aliphatic heterocycles. The smallest absolute Gasteiger partial charge is 0.342 e. The Morgan fingerprint density at radius 1 is 1.08 bits per heavy atom. The van der Waals surface area contributed by atoms with E-state index in [1.54, 1.807) is 36.4 Å². The average Bonchev–Trinajstić information content (AvgIpc) is 3.64. The maximum absolute atomic E-state index is 13.5. The van der Waals surface area contributed by atoms with Gasteiger partial charge in [0.1, 0.15) is 11.6 Å². The van der Waals surface area contributed by atoms with E-state index in [9.17, 15) is 19.1 Å². The average molecular weight is 489 g/mol. The van der Waals surface area contributed by atoms with Crippen molar-refractivity contribution in [2.45, 2.75) is 38.1 Å². The first kappa shape index (κ1) is 23.3. The molecule has 2 aromatic heterocycles. The SMILES string of the molecule is O=C(Nc1ccc(-c2cc(C3CCCC3)n(C(=O)NCc3cccc(F)c3)n2)c(O)c1)c1ccco1. The molecule has 1 aliphatic rings. The Labute approximate surface area is 206 Å². The number of anilines is 1. The van der Waals surface area contributed by atoms with Crippen LogP contribution in [0.2, 0.25) is 0 Å². The first-order chi connectivity index (χ1) is 17.5. The fraction of sp³-hybridized carbons (Fsp3) is 0.222. The number of carbonyl (C=O) groups is 2. The van der Waals surface area contributed by atoms with Crippen LogP contribution in [-0.2, 0) is 6.54 Å². The van der Waals surface area contributed by atoms with Crippen LogP contribution in [0.3, 0.4) is 0 Å². The number of halogens is 1. The van der Waals surface area contributed by atoms with E-state index in [2.05, 4.69) is 15.7 Å². The Balaban J connectivity index is 1.39. The van der Waals surface area contributed by atoms with Crippen molar-refractivity contribution in [3.05, 3.63) is 89.8 Å². The van der Waals surface area contributed by atoms with E-state index in [0.29, 0.717) is 22.5 Å². The van der Waals surface area contributed by atoms with E-state index >= 15 is 0 Å². The molecular formula is C27H25FN4O4. The number of nitrogens with one attached hydrogen (secondary N) is 2. The predicted octanol–water partition coefficient (Wildman–Crippen LogP) is 5.66. The third-order valence-corrected chi connectivity index (χ3v) is 6.31. The quantitative estimate of drug-likeness (QED) is 0.325. The highest BCUT2D eigenvalue weighted by molar-refractivity contribution is 6.02. The van der Waals surface area contributed by atoms with Crippen LogP contribution in [0.25, 0.3) is 11.3 Å². The lowest BCUT2D eigenvalue weighted by atomic mass is 10.0. The van der Waals surface area contributed by atoms with Gasteiger partial charge in [0.05, 0.1) is 17.7 Å². The molecule has 0 atom stereocenters. The van der Waals surface area contributed by atoms with E-state index < -0.39 is 11.9 Å². The van der Waals surface area contributed by atoms with E-state index in [4.69, 9.17) is 4.42 Å². The minimum atomic E-state index is -0.435. The Kier molecular flexibility index (Phi) is 6.53. The monoisotopic (exact) mass is 488 g/mol. The van der Waals surface area contributed by atoms with Gasteiger partial charge in [-0.3, -0.25) is 4.79 Å². The Hall–Kier alpha value is -4.40. The van der Waals surface area contributed by atoms with E-state index in [1.807, 2.05) is 6.07 Å². The van der Waals surface area contributed by atoms with Gasteiger partial charge in [0.15, 0.2) is 5.76 Å². The molecule has 9 heteroatoms. The van der Waals surface area contributed by atoms with Crippen molar-refractivity contribution in [1.82, 2.24) is 15.1 Å². The largest absolute Gasteiger partial charge is 0.507 e. The summed E-state index contributed by atoms with van der Waals surface area (Å²) in [6, 6.07) is 15.3. The summed E-state index contributed by atoms with van der Waals surface area (Å²) in [6.07, 6.45) is 5.46. The topological polar surface area (TPSA) is 109 Å². The van der Waals surface area contributed by atoms with Crippen LogP contribution in [0.15, 0.2) is 71.3 Å². The van der Waals surface area contributed by atoms with Gasteiger partial charge < -0.3 is 20.2 Å². The third-order valence-electron chi connectivity index (χ3n) is 6.31. The van der Waals surface area contributed by atoms with Crippen molar-refractivity contribution in [3.63, 3.8) is 0 Å². The molecule has 2 amide bonds. The highest BCUT2D eigenvalue weighted by Crippen LogP contribution is 2.38. The summed E-state index contributed by atoms with van der Waals surface area (Å²) in [6.45, 7) is 0.158. The van der Waals surface area contributed by atoms with Crippen molar-refractivity contribution >= 4 is 17.6 Å². The normalized spacial score (nSPS) is 13.6. The molecule has 4 aromatic rings. The zero-order valence-electron chi connectivity index (χ0n) is 19.4. The zero-order chi connectivity index (χ0) is 25.1. The number of amides is 2. The molecule has 0 unspecified atom stereocenters. The Morgan fingerprint density at radius 2 is 1.92 bits per heavy atom. The number of aromatic hydroxyl groups is 1. The third kappa shape index (κ3) is 5.00. The van der Waals surface area contributed by atoms with Gasteiger partial charge in [-0.15, -0.1) is 0 Å². The second-order valence-electron chi connectivity index (χ2n) is 8.80. The van der Waals surface area contributed by atoms with Crippen molar-refractivity contribution in [2.75, 3.05) is 5.32 Å². The minimum Gasteiger partial charge on any atom is -0.507 e. The number of phenols is 1. The Morgan fingerprint density at radius 3 is 2.64 bits per heavy atom. The summed E-state index contributed by atoms with van der Waals surface area (Å²) in [5.41, 5.74) is 2.68. The van der Waals surface area contributed by atoms with Crippen LogP contribution >= 0.6 is 0 Å². The second kappa shape index (κ2) is 10.1. The summed E-state index contributed by atoms with van der Waals surface area (Å²) in [7, 11) is 0. The number of rotatable bonds is 6. The zero-order valence-corrected chi connectivity index (χ0v) is 19.4. The Bertz CT molecular complexity index is 1390. The molecule has 36 heavy (non-hydrogen) atoms. The maximum atomic E-state index is 13.5. The van der Waals surface area contributed by atoms with Gasteiger partial charge in [0, 0.05) is 29.8 Å². The highest BCUT2D eigenvalue weighted by Gasteiger charge is 2.26. The van der Waals surface area contributed by atoms with Crippen molar-refractivity contribution in [2.24, 2.45) is 0 Å². The summed E-state index contributed by atoms with van der Waals surface area (Å²) in [4.78, 5) is 25.3. The molecule has 184 valence electrons. The van der Waals surface area contributed by atoms with Gasteiger partial charge in [-0.05, 0) is 60.9 Å². The van der Waals surface area contributed by atoms with Crippen molar-refractivity contribution < 1.29 is 23.5 Å². The number of hydrogen-bond acceptors (Lipinski definition) is 5. The summed E-state index contributed by atoms with van der Waals surface area (Å²) in [5.74, 6) is -0.554. The van der Waals surface area contributed by atoms with Crippen molar-refractivity contribution in [1.29, 1.82) is 0 Å². The lowest BCUT2D eigenvalue weighted by Gasteiger charge is -2.12. The molecule has 1 saturated carbocycles. The van der Waals surface area contributed by atoms with Crippen LogP contribution in [-0.4, -0.2) is 26.8 Å². The fourth-order valence-electron chi connectivity index (χ4n) is 4.53. The second-order valence-corrected chi connectivity index (χ2v) is 8.80. The van der Waals surface area contributed by atoms with E-state index in [-0.39, 0.29) is 29.8 Å². The fourth-order valence-corrected chi connectivity index (χ4v) is 4.53. The number of benzene rings is 2. The van der Waals surface area contributed by atoms with Crippen LogP contribution < -0.4 is 10.6 Å². The van der Waals surface area contributed by atoms with Crippen LogP contribution in [0.4, 0.5) is 14.9 Å². The molecule has 2 heterocycles. The number of hydrogen-bond donors (Lipinski definition) is 3. The molecule has 0 spiro atoms. The molecule has 3 N–H and O–H groups in total. The van der Waals surface area contributed by atoms with E-state index in [1.165, 1.54) is 29.1 Å². The number of aromatic nitrogens is 2. The molecular weight excluding hydrogens is 463 g/mol. The van der Waals surface area contributed by atoms with Crippen molar-refractivity contribution in [3.8, 4) is 17.0 Å². The first-order valence-corrected chi connectivity index (χ1v) is 11.8. The lowest BCUT2D eigenvalue weighted by Crippen LogP contribution is -2.30. The number of phenolic OH excluding ortho intramolecular Hbond substituents is 1. The predicted molar refractivity (Wildman–Crippen MR) is 131 cm³/mol. The van der Waals surface area contributed by atoms with Gasteiger partial charge in [-0.25, -0.2) is 9.18 Å². The summed E-state index contributed by atoms with van der Waals surface area (Å²) >= 11 is 0. The molecule has 0 radical (unpaired) electrons. The summed E-state index contributed by atoms with van der Waals surface area (Å²) < 4.78 is 19.9. The van der Waals surface area contributed by atoms with Gasteiger partial charge >= 0.3 is 6.03 Å². The molecule has 1 aliphatic carbocycles. The molecule has 2 aromatic carbocycles. The summed E-state index contributed by atoms with van der Waals surface area (Å²) in [5, 5.41) is 20.7. The molecule has 0 saturated heterocycles. The minimum absolute atomic E-state index is 0.0879. The highest BCUT2D eigenvalue weighted by atomic mass is 19.1. The number of furan rings is 1. The lowest BCUT2D eigenvalue weighted by molar-refractivity contribution is 0.0996. The molecule has 0 bridgehead atoms.